The Hall–Kier alpha value is -7.83. The van der Waals surface area contributed by atoms with Gasteiger partial charge < -0.3 is 47.9 Å². The Morgan fingerprint density at radius 1 is 0.471 bits per heavy atom. The van der Waals surface area contributed by atoms with Crippen LogP contribution in [0.5, 0.6) is 0 Å². The summed E-state index contributed by atoms with van der Waals surface area (Å²) in [4.78, 5) is 118. The molecule has 0 spiro atoms. The van der Waals surface area contributed by atoms with Crippen molar-refractivity contribution in [1.29, 1.82) is 0 Å². The van der Waals surface area contributed by atoms with E-state index >= 15 is 0 Å². The molecule has 0 fully saturated rings. The molecule has 1 unspecified atom stereocenters. The Labute approximate surface area is 404 Å². The van der Waals surface area contributed by atoms with E-state index in [2.05, 4.69) is 9.97 Å². The van der Waals surface area contributed by atoms with Crippen LogP contribution in [0.4, 0.5) is 0 Å². The van der Waals surface area contributed by atoms with Crippen LogP contribution in [0.3, 0.4) is 0 Å². The summed E-state index contributed by atoms with van der Waals surface area (Å²) in [5, 5.41) is 0. The summed E-state index contributed by atoms with van der Waals surface area (Å²) in [6.45, 7) is -0.247. The van der Waals surface area contributed by atoms with Crippen molar-refractivity contribution >= 4 is 54.0 Å². The Morgan fingerprint density at radius 2 is 0.871 bits per heavy atom. The van der Waals surface area contributed by atoms with Crippen molar-refractivity contribution in [1.82, 2.24) is 9.97 Å². The van der Waals surface area contributed by atoms with Gasteiger partial charge in [-0.1, -0.05) is 60.7 Å². The molecule has 1 atom stereocenters. The first kappa shape index (κ1) is 53.1. The van der Waals surface area contributed by atoms with Gasteiger partial charge in [-0.2, -0.15) is 0 Å². The summed E-state index contributed by atoms with van der Waals surface area (Å²) >= 11 is 0. The minimum Gasteiger partial charge on any atom is -0.469 e. The molecule has 2 aromatic carbocycles. The van der Waals surface area contributed by atoms with E-state index in [-0.39, 0.29) is 110 Å². The highest BCUT2D eigenvalue weighted by atomic mass is 16.6. The Bertz CT molecular complexity index is 2610. The Morgan fingerprint density at radius 3 is 1.34 bits per heavy atom. The number of aliphatic imine (C=N–C) groups is 1. The maximum atomic E-state index is 14.2. The fourth-order valence-corrected chi connectivity index (χ4v) is 8.24. The van der Waals surface area contributed by atoms with Gasteiger partial charge in [-0.3, -0.25) is 33.8 Å². The molecule has 0 amide bonds. The van der Waals surface area contributed by atoms with E-state index in [1.807, 2.05) is 12.1 Å². The number of allylic oxidation sites excluding steroid dienone is 1. The molecule has 1 aliphatic heterocycles. The normalized spacial score (nSPS) is 13.9. The number of hydrogen-bond acceptors (Lipinski definition) is 17. The fraction of sp³-hybridized carbons (Fsp3) is 0.392. The predicted octanol–water partition coefficient (Wildman–Crippen LogP) is 5.12. The highest BCUT2D eigenvalue weighted by Crippen LogP contribution is 2.42. The molecule has 19 heteroatoms. The molecule has 3 heterocycles. The number of nitrogens with zero attached hydrogens (tertiary/aromatic N) is 1. The molecule has 0 bridgehead atoms. The lowest BCUT2D eigenvalue weighted by Gasteiger charge is -2.31. The molecule has 0 aliphatic carbocycles. The number of nitrogens with one attached hydrogen (secondary N) is 2. The van der Waals surface area contributed by atoms with Gasteiger partial charge in [0, 0.05) is 49.7 Å². The molecule has 2 N–H and O–H groups in total. The van der Waals surface area contributed by atoms with E-state index < -0.39 is 66.1 Å². The van der Waals surface area contributed by atoms with E-state index in [1.165, 1.54) is 48.9 Å². The van der Waals surface area contributed by atoms with Crippen LogP contribution >= 0.6 is 0 Å². The van der Waals surface area contributed by atoms with Crippen LogP contribution in [0.15, 0.2) is 76.8 Å². The van der Waals surface area contributed by atoms with Crippen molar-refractivity contribution in [2.45, 2.75) is 89.4 Å². The summed E-state index contributed by atoms with van der Waals surface area (Å²) in [5.41, 5.74) is 2.02. The van der Waals surface area contributed by atoms with Gasteiger partial charge in [0.2, 0.25) is 0 Å². The lowest BCUT2D eigenvalue weighted by molar-refractivity contribution is -0.141. The smallest absolute Gasteiger partial charge is 0.355 e. The first-order chi connectivity index (χ1) is 33.7. The highest BCUT2D eigenvalue weighted by molar-refractivity contribution is 5.93. The molecular weight excluding hydrogens is 911 g/mol. The third-order valence-electron chi connectivity index (χ3n) is 11.9. The number of hydrogen-bond donors (Lipinski definition) is 2. The van der Waals surface area contributed by atoms with E-state index in [1.54, 1.807) is 48.5 Å². The van der Waals surface area contributed by atoms with Crippen LogP contribution in [-0.2, 0) is 118 Å². The lowest BCUT2D eigenvalue weighted by Crippen LogP contribution is -2.36. The van der Waals surface area contributed by atoms with Crippen LogP contribution in [0.1, 0.15) is 97.8 Å². The third-order valence-corrected chi connectivity index (χ3v) is 11.9. The van der Waals surface area contributed by atoms with Crippen LogP contribution in [0, 0.1) is 0 Å². The van der Waals surface area contributed by atoms with Crippen molar-refractivity contribution in [3.8, 4) is 0 Å². The Kier molecular flexibility index (Phi) is 19.4. The summed E-state index contributed by atoms with van der Waals surface area (Å²) in [7, 11) is 7.26. The van der Waals surface area contributed by atoms with Gasteiger partial charge in [0.15, 0.2) is 0 Å². The topological polar surface area (TPSA) is 254 Å². The minimum atomic E-state index is -1.58. The second-order valence-corrected chi connectivity index (χ2v) is 16.1. The Balaban J connectivity index is 1.78. The number of ether oxygens (including phenoxy) is 8. The zero-order valence-electron chi connectivity index (χ0n) is 40.0. The molecule has 0 radical (unpaired) electrons. The second-order valence-electron chi connectivity index (χ2n) is 16.1. The van der Waals surface area contributed by atoms with Gasteiger partial charge >= 0.3 is 47.8 Å². The van der Waals surface area contributed by atoms with Crippen molar-refractivity contribution in [3.63, 3.8) is 0 Å². The van der Waals surface area contributed by atoms with Crippen LogP contribution in [0.25, 0.3) is 0 Å². The predicted molar refractivity (Wildman–Crippen MR) is 248 cm³/mol. The first-order valence-electron chi connectivity index (χ1n) is 22.2. The van der Waals surface area contributed by atoms with Gasteiger partial charge in [0.05, 0.1) is 67.5 Å². The maximum absolute atomic E-state index is 14.2. The van der Waals surface area contributed by atoms with Crippen molar-refractivity contribution in [2.75, 3.05) is 42.7 Å². The summed E-state index contributed by atoms with van der Waals surface area (Å²) in [6, 6.07) is 17.8. The molecular formula is C51H57N3O16. The molecule has 0 saturated carbocycles. The van der Waals surface area contributed by atoms with Gasteiger partial charge in [0.1, 0.15) is 24.6 Å². The van der Waals surface area contributed by atoms with E-state index in [4.69, 9.17) is 42.9 Å². The molecule has 1 aliphatic rings. The average molecular weight is 968 g/mol. The van der Waals surface area contributed by atoms with Crippen molar-refractivity contribution < 1.29 is 76.3 Å². The van der Waals surface area contributed by atoms with Gasteiger partial charge in [-0.25, -0.2) is 9.59 Å². The number of aromatic amines is 2. The van der Waals surface area contributed by atoms with Crippen LogP contribution in [0.2, 0.25) is 0 Å². The minimum absolute atomic E-state index is 0.0516. The standard InChI is InChI=1S/C51H57N3O16/c1-63-41(55)20-17-33-28-52-51(38(33)25-46(60)68-6,26-39-34(18-21-42(56)64-2)37(24-45(59)67-5)48(53-39)50(62)70-30-32-15-11-8-12-16-32)27-40-36(23-44(58)66-4)35(19-22-43(57)65-3)47(54-40)49(61)69-29-31-13-9-7-10-14-31/h7-16,28,53-54H,17-27,29-30H2,1-6H3. The summed E-state index contributed by atoms with van der Waals surface area (Å²) < 4.78 is 41.7. The van der Waals surface area contributed by atoms with Crippen molar-refractivity contribution in [2.24, 2.45) is 4.99 Å². The molecule has 372 valence electrons. The van der Waals surface area contributed by atoms with Crippen molar-refractivity contribution in [3.05, 3.63) is 128 Å². The van der Waals surface area contributed by atoms with E-state index in [9.17, 15) is 38.4 Å². The number of esters is 8. The highest BCUT2D eigenvalue weighted by Gasteiger charge is 2.44. The summed E-state index contributed by atoms with van der Waals surface area (Å²) in [5.74, 6) is -5.48. The number of methoxy groups -OCH3 is 6. The SMILES string of the molecule is COC(=O)CCC1=C(CC(=O)OC)C(Cc2[nH]c(C(=O)OCc3ccccc3)c(CCC(=O)OC)c2CC(=O)OC)(Cc2[nH]c(C(=O)OCc3ccccc3)c(CC(=O)OC)c2CCC(=O)OC)N=C1. The second kappa shape index (κ2) is 25.5. The number of carbonyl (C=O) groups is 8. The molecule has 5 rings (SSSR count). The third kappa shape index (κ3) is 13.9. The van der Waals surface area contributed by atoms with Gasteiger partial charge in [-0.15, -0.1) is 0 Å². The van der Waals surface area contributed by atoms with Gasteiger partial charge in [-0.05, 0) is 63.8 Å². The maximum Gasteiger partial charge on any atom is 0.355 e. The zero-order chi connectivity index (χ0) is 50.8. The first-order valence-corrected chi connectivity index (χ1v) is 22.2. The van der Waals surface area contributed by atoms with E-state index in [0.29, 0.717) is 27.8 Å². The number of aromatic nitrogens is 2. The number of rotatable bonds is 25. The molecule has 2 aromatic heterocycles. The number of carbonyl (C=O) groups excluding carboxylic acids is 8. The summed E-state index contributed by atoms with van der Waals surface area (Å²) in [6.07, 6.45) is -0.708. The van der Waals surface area contributed by atoms with Gasteiger partial charge in [0.25, 0.3) is 0 Å². The molecule has 0 saturated heterocycles. The molecule has 4 aromatic rings. The van der Waals surface area contributed by atoms with Crippen LogP contribution in [-0.4, -0.2) is 112 Å². The van der Waals surface area contributed by atoms with Crippen LogP contribution < -0.4 is 0 Å². The number of H-pyrrole nitrogens is 2. The largest absolute Gasteiger partial charge is 0.469 e. The fourth-order valence-electron chi connectivity index (χ4n) is 8.24. The zero-order valence-corrected chi connectivity index (χ0v) is 40.0. The number of benzene rings is 2. The molecule has 70 heavy (non-hydrogen) atoms. The molecule has 19 nitrogen and oxygen atoms in total. The average Bonchev–Trinajstić information content (AvgIpc) is 4.01. The quantitative estimate of drug-likeness (QED) is 0.0646. The van der Waals surface area contributed by atoms with E-state index in [0.717, 1.165) is 0 Å². The lowest BCUT2D eigenvalue weighted by atomic mass is 9.77. The monoisotopic (exact) mass is 967 g/mol.